The first-order valence-corrected chi connectivity index (χ1v) is 17.9. The number of hydrogen-bond donors (Lipinski definition) is 8. The molecule has 2 aromatic carbocycles. The molecule has 4 bridgehead atoms. The quantitative estimate of drug-likeness (QED) is 0.0848. The molecule has 0 spiro atoms. The van der Waals surface area contributed by atoms with Crippen molar-refractivity contribution >= 4 is 41.4 Å². The van der Waals surface area contributed by atoms with Crippen LogP contribution in [0.1, 0.15) is 44.4 Å². The van der Waals surface area contributed by atoms with E-state index in [1.54, 1.807) is 36.4 Å². The lowest BCUT2D eigenvalue weighted by atomic mass is 9.93. The van der Waals surface area contributed by atoms with Crippen LogP contribution < -0.4 is 52.8 Å². The van der Waals surface area contributed by atoms with E-state index in [0.717, 1.165) is 4.90 Å². The highest BCUT2D eigenvalue weighted by atomic mass is 16.5. The maximum absolute atomic E-state index is 14.2. The number of nitriles is 1. The van der Waals surface area contributed by atoms with Gasteiger partial charge in [-0.25, -0.2) is 0 Å². The minimum atomic E-state index is -1.39. The summed E-state index contributed by atoms with van der Waals surface area (Å²) in [5.41, 5.74) is 13.3. The van der Waals surface area contributed by atoms with Crippen LogP contribution in [0.5, 0.6) is 11.5 Å². The Morgan fingerprint density at radius 2 is 1.55 bits per heavy atom. The largest absolute Gasteiger partial charge is 0.492 e. The van der Waals surface area contributed by atoms with Gasteiger partial charge in [0.15, 0.2) is 0 Å². The number of rotatable bonds is 16. The van der Waals surface area contributed by atoms with Crippen LogP contribution in [0.3, 0.4) is 0 Å². The van der Waals surface area contributed by atoms with E-state index in [2.05, 4.69) is 31.9 Å². The average Bonchev–Trinajstić information content (AvgIpc) is 3.16. The summed E-state index contributed by atoms with van der Waals surface area (Å²) in [6.45, 7) is 3.75. The molecule has 4 atom stereocenters. The Hall–Kier alpha value is -6.26. The average molecular weight is 779 g/mol. The zero-order valence-corrected chi connectivity index (χ0v) is 31.9. The van der Waals surface area contributed by atoms with Crippen molar-refractivity contribution in [2.45, 2.75) is 57.8 Å². The molecule has 2 aromatic rings. The van der Waals surface area contributed by atoms with Crippen molar-refractivity contribution < 1.29 is 43.0 Å². The van der Waals surface area contributed by atoms with Crippen molar-refractivity contribution in [3.05, 3.63) is 47.5 Å². The van der Waals surface area contributed by atoms with Crippen molar-refractivity contribution in [2.24, 2.45) is 11.5 Å². The van der Waals surface area contributed by atoms with E-state index in [1.165, 1.54) is 27.8 Å². The van der Waals surface area contributed by atoms with Gasteiger partial charge in [0.1, 0.15) is 55.4 Å². The first-order chi connectivity index (χ1) is 26.7. The number of carbonyl (C=O) groups excluding carboxylic acids is 7. The lowest BCUT2D eigenvalue weighted by Crippen LogP contribution is -2.55. The van der Waals surface area contributed by atoms with E-state index in [0.29, 0.717) is 33.8 Å². The van der Waals surface area contributed by atoms with E-state index in [1.807, 2.05) is 6.07 Å². The molecule has 10 N–H and O–H groups in total. The summed E-state index contributed by atoms with van der Waals surface area (Å²) in [5.74, 6) is -3.64. The van der Waals surface area contributed by atoms with E-state index >= 15 is 0 Å². The molecule has 0 radical (unpaired) electrons. The van der Waals surface area contributed by atoms with Gasteiger partial charge in [-0.3, -0.25) is 33.6 Å². The summed E-state index contributed by atoms with van der Waals surface area (Å²) in [6.07, 6.45) is 0.0362. The van der Waals surface area contributed by atoms with E-state index in [4.69, 9.17) is 26.2 Å². The number of carbonyl (C=O) groups is 7. The monoisotopic (exact) mass is 778 g/mol. The fourth-order valence-electron chi connectivity index (χ4n) is 5.79. The zero-order chi connectivity index (χ0) is 41.4. The van der Waals surface area contributed by atoms with Crippen LogP contribution in [0.2, 0.25) is 0 Å². The number of nitrogens with zero attached hydrogens (tertiary/aromatic N) is 2. The topological polar surface area (TPSA) is 289 Å². The predicted octanol–water partition coefficient (Wildman–Crippen LogP) is -2.14. The molecule has 19 nitrogen and oxygen atoms in total. The highest BCUT2D eigenvalue weighted by molar-refractivity contribution is 5.96. The third-order valence-electron chi connectivity index (χ3n) is 8.51. The van der Waals surface area contributed by atoms with Crippen LogP contribution in [-0.2, 0) is 40.0 Å². The van der Waals surface area contributed by atoms with Crippen LogP contribution in [0, 0.1) is 11.3 Å². The molecule has 0 saturated heterocycles. The molecule has 19 heteroatoms. The standard InChI is InChI=1S/C37H50N10O9/c1-21-34(51)46-29(36(53)42-14-10-38)18-24-5-7-30(55-15-11-39)26(17-24)27-19-25(6-8-31(27)56-16-12-40)33(37(54)44-21)47(4)32(50)20-43-35(52)28(45-23(3)49)9-13-41-22(2)48/h5-8,17,19,21,28-29,33H,9,11-16,18,20,39-40H2,1-4H3,(H,41,48)(H,42,53)(H,43,52)(H,44,54)(H,45,49)(H,46,51)/t21-,28-,29-,33-/m0/s1. The minimum absolute atomic E-state index is 0.00582. The molecule has 0 fully saturated rings. The van der Waals surface area contributed by atoms with Crippen LogP contribution >= 0.6 is 0 Å². The normalized spacial score (nSPS) is 17.0. The second-order valence-electron chi connectivity index (χ2n) is 12.9. The van der Waals surface area contributed by atoms with Crippen molar-refractivity contribution in [1.82, 2.24) is 36.8 Å². The molecule has 302 valence electrons. The second-order valence-corrected chi connectivity index (χ2v) is 12.9. The molecule has 1 aliphatic rings. The molecule has 0 aromatic heterocycles. The van der Waals surface area contributed by atoms with Gasteiger partial charge in [-0.2, -0.15) is 5.26 Å². The van der Waals surface area contributed by atoms with Crippen molar-refractivity contribution in [3.8, 4) is 28.7 Å². The van der Waals surface area contributed by atoms with Gasteiger partial charge in [0, 0.05) is 58.1 Å². The Bertz CT molecular complexity index is 1810. The molecule has 0 unspecified atom stereocenters. The number of benzene rings is 2. The third kappa shape index (κ3) is 12.7. The molecule has 1 aliphatic heterocycles. The summed E-state index contributed by atoms with van der Waals surface area (Å²) in [4.78, 5) is 91.9. The lowest BCUT2D eigenvalue weighted by Gasteiger charge is -2.30. The number of hydrogen-bond acceptors (Lipinski definition) is 12. The van der Waals surface area contributed by atoms with Gasteiger partial charge in [0.25, 0.3) is 0 Å². The van der Waals surface area contributed by atoms with Gasteiger partial charge in [0.2, 0.25) is 41.4 Å². The van der Waals surface area contributed by atoms with Crippen molar-refractivity contribution in [2.75, 3.05) is 53.0 Å². The Kier molecular flexibility index (Phi) is 17.0. The summed E-state index contributed by atoms with van der Waals surface area (Å²) in [6, 6.07) is 6.94. The van der Waals surface area contributed by atoms with E-state index in [9.17, 15) is 33.6 Å². The number of fused-ring (bicyclic) bond motifs is 5. The van der Waals surface area contributed by atoms with E-state index < -0.39 is 66.2 Å². The van der Waals surface area contributed by atoms with Crippen LogP contribution in [0.4, 0.5) is 0 Å². The highest BCUT2D eigenvalue weighted by Crippen LogP contribution is 2.40. The Morgan fingerprint density at radius 3 is 2.16 bits per heavy atom. The Morgan fingerprint density at radius 1 is 0.911 bits per heavy atom. The summed E-state index contributed by atoms with van der Waals surface area (Å²) < 4.78 is 12.0. The fraction of sp³-hybridized carbons (Fsp3) is 0.459. The fourth-order valence-corrected chi connectivity index (χ4v) is 5.79. The van der Waals surface area contributed by atoms with Crippen LogP contribution in [-0.4, -0.2) is 117 Å². The highest BCUT2D eigenvalue weighted by Gasteiger charge is 2.34. The van der Waals surface area contributed by atoms with Gasteiger partial charge in [-0.05, 0) is 48.7 Å². The SMILES string of the molecule is CC(=O)NCC[C@H](NC(C)=O)C(=O)NCC(=O)N(C)[C@@H]1C(=O)N[C@@H](C)C(=O)N[C@H](C(=O)NCC#N)Cc2ccc(OCCN)c(c2)-c2cc1ccc2OCCN. The van der Waals surface area contributed by atoms with E-state index in [-0.39, 0.29) is 58.1 Å². The number of amides is 7. The van der Waals surface area contributed by atoms with Crippen LogP contribution in [0.25, 0.3) is 11.1 Å². The first kappa shape index (κ1) is 44.1. The molecule has 3 rings (SSSR count). The molecule has 7 amide bonds. The maximum Gasteiger partial charge on any atom is 0.248 e. The molecular weight excluding hydrogens is 728 g/mol. The van der Waals surface area contributed by atoms with Crippen molar-refractivity contribution in [3.63, 3.8) is 0 Å². The minimum Gasteiger partial charge on any atom is -0.492 e. The zero-order valence-electron chi connectivity index (χ0n) is 31.9. The smallest absolute Gasteiger partial charge is 0.248 e. The molecule has 1 heterocycles. The van der Waals surface area contributed by atoms with Gasteiger partial charge >= 0.3 is 0 Å². The number of likely N-dealkylation sites (N-methyl/N-ethyl adjacent to an activating group) is 1. The summed E-state index contributed by atoms with van der Waals surface area (Å²) >= 11 is 0. The lowest BCUT2D eigenvalue weighted by molar-refractivity contribution is -0.140. The number of nitrogens with one attached hydrogen (secondary N) is 6. The molecule has 0 saturated carbocycles. The van der Waals surface area contributed by atoms with Gasteiger partial charge < -0.3 is 57.7 Å². The van der Waals surface area contributed by atoms with Gasteiger partial charge in [-0.1, -0.05) is 12.1 Å². The molecular formula is C37H50N10O9. The van der Waals surface area contributed by atoms with Crippen LogP contribution in [0.15, 0.2) is 36.4 Å². The first-order valence-electron chi connectivity index (χ1n) is 17.9. The molecule has 0 aliphatic carbocycles. The molecule has 56 heavy (non-hydrogen) atoms. The van der Waals surface area contributed by atoms with Gasteiger partial charge in [-0.15, -0.1) is 0 Å². The number of ether oxygens (including phenoxy) is 2. The second kappa shape index (κ2) is 21.6. The Labute approximate surface area is 324 Å². The maximum atomic E-state index is 14.2. The summed E-state index contributed by atoms with van der Waals surface area (Å²) in [7, 11) is 1.35. The third-order valence-corrected chi connectivity index (χ3v) is 8.51. The van der Waals surface area contributed by atoms with Crippen molar-refractivity contribution in [1.29, 1.82) is 5.26 Å². The Balaban J connectivity index is 2.13. The number of nitrogens with two attached hydrogens (primary N) is 2. The van der Waals surface area contributed by atoms with Gasteiger partial charge in [0.05, 0.1) is 12.6 Å². The predicted molar refractivity (Wildman–Crippen MR) is 202 cm³/mol. The summed E-state index contributed by atoms with van der Waals surface area (Å²) in [5, 5.41) is 24.4.